The minimum Gasteiger partial charge on any atom is -0.490 e. The first-order valence-corrected chi connectivity index (χ1v) is 17.6. The quantitative estimate of drug-likeness (QED) is 0.105. The summed E-state index contributed by atoms with van der Waals surface area (Å²) in [5, 5.41) is 24.1. The molecule has 5 rings (SSSR count). The number of hydrogen-bond donors (Lipinski definition) is 2. The summed E-state index contributed by atoms with van der Waals surface area (Å²) in [6.45, 7) is 11.4. The number of oxime groups is 1. The number of fused-ring (bicyclic) bond motifs is 2. The SMILES string of the molecule is C=CCOc1ccc2c(c1)[C@H]1[C@H](CCCCO)[C@@H](CCCCO)C=C3C(=NOC)C[C@H](N(CCC)C(=O)C4CC4)[C@@](OCC=C)(O2)[C@H]31. The van der Waals surface area contributed by atoms with Gasteiger partial charge in [-0.05, 0) is 80.6 Å². The number of aliphatic hydroxyl groups excluding tert-OH is 2. The molecule has 1 aromatic rings. The molecule has 0 bridgehead atoms. The molecule has 0 unspecified atom stereocenters. The number of aliphatic hydroxyl groups is 2. The van der Waals surface area contributed by atoms with Gasteiger partial charge in [0.15, 0.2) is 0 Å². The van der Waals surface area contributed by atoms with Crippen molar-refractivity contribution >= 4 is 11.6 Å². The van der Waals surface area contributed by atoms with Crippen LogP contribution in [-0.2, 0) is 14.4 Å². The van der Waals surface area contributed by atoms with Gasteiger partial charge in [0.2, 0.25) is 11.7 Å². The number of benzene rings is 1. The average molecular weight is 651 g/mol. The third-order valence-electron chi connectivity index (χ3n) is 10.3. The van der Waals surface area contributed by atoms with Gasteiger partial charge in [-0.2, -0.15) is 0 Å². The lowest BCUT2D eigenvalue weighted by Gasteiger charge is -2.60. The Labute approximate surface area is 280 Å². The van der Waals surface area contributed by atoms with Crippen molar-refractivity contribution in [2.75, 3.05) is 40.1 Å². The van der Waals surface area contributed by atoms with Crippen molar-refractivity contribution in [2.45, 2.75) is 88.9 Å². The molecular formula is C38H54N2O7. The Morgan fingerprint density at radius 3 is 2.51 bits per heavy atom. The first-order chi connectivity index (χ1) is 23.0. The van der Waals surface area contributed by atoms with Crippen molar-refractivity contribution in [3.63, 3.8) is 0 Å². The number of unbranched alkanes of at least 4 members (excludes halogenated alkanes) is 2. The van der Waals surface area contributed by atoms with Crippen LogP contribution in [0.5, 0.6) is 11.5 Å². The van der Waals surface area contributed by atoms with Crippen LogP contribution in [0.15, 0.2) is 60.3 Å². The van der Waals surface area contributed by atoms with Crippen LogP contribution in [-0.4, -0.2) is 78.6 Å². The van der Waals surface area contributed by atoms with Crippen LogP contribution in [0.1, 0.15) is 82.6 Å². The van der Waals surface area contributed by atoms with E-state index in [-0.39, 0.29) is 55.3 Å². The van der Waals surface area contributed by atoms with E-state index in [0.29, 0.717) is 19.6 Å². The number of rotatable bonds is 19. The lowest BCUT2D eigenvalue weighted by atomic mass is 9.55. The number of allylic oxidation sites excluding steroid dienone is 1. The molecule has 1 aromatic carbocycles. The summed E-state index contributed by atoms with van der Waals surface area (Å²) in [6, 6.07) is 5.57. The summed E-state index contributed by atoms with van der Waals surface area (Å²) >= 11 is 0. The Balaban J connectivity index is 1.75. The van der Waals surface area contributed by atoms with E-state index in [2.05, 4.69) is 37.4 Å². The fraction of sp³-hybridized carbons (Fsp3) is 0.632. The minimum atomic E-state index is -1.20. The number of amides is 1. The maximum atomic E-state index is 14.1. The minimum absolute atomic E-state index is 0.0301. The van der Waals surface area contributed by atoms with Crippen LogP contribution in [0.2, 0.25) is 0 Å². The summed E-state index contributed by atoms with van der Waals surface area (Å²) in [4.78, 5) is 21.6. The van der Waals surface area contributed by atoms with E-state index in [4.69, 9.17) is 19.0 Å². The van der Waals surface area contributed by atoms with Crippen LogP contribution < -0.4 is 9.47 Å². The molecule has 0 saturated heterocycles. The molecular weight excluding hydrogens is 596 g/mol. The van der Waals surface area contributed by atoms with Crippen molar-refractivity contribution in [1.82, 2.24) is 4.90 Å². The highest BCUT2D eigenvalue weighted by atomic mass is 16.7. The van der Waals surface area contributed by atoms with Gasteiger partial charge in [0.05, 0.1) is 18.2 Å². The maximum absolute atomic E-state index is 14.1. The summed E-state index contributed by atoms with van der Waals surface area (Å²) in [7, 11) is 1.57. The predicted molar refractivity (Wildman–Crippen MR) is 182 cm³/mol. The van der Waals surface area contributed by atoms with Gasteiger partial charge in [-0.3, -0.25) is 4.79 Å². The normalized spacial score (nSPS) is 28.4. The maximum Gasteiger partial charge on any atom is 0.239 e. The monoisotopic (exact) mass is 650 g/mol. The van der Waals surface area contributed by atoms with E-state index in [1.54, 1.807) is 19.3 Å². The molecule has 0 radical (unpaired) electrons. The second-order valence-electron chi connectivity index (χ2n) is 13.4. The highest BCUT2D eigenvalue weighted by Gasteiger charge is 2.65. The first-order valence-electron chi connectivity index (χ1n) is 17.6. The fourth-order valence-corrected chi connectivity index (χ4v) is 8.23. The van der Waals surface area contributed by atoms with E-state index < -0.39 is 11.8 Å². The van der Waals surface area contributed by atoms with Crippen molar-refractivity contribution in [3.05, 3.63) is 60.7 Å². The van der Waals surface area contributed by atoms with Gasteiger partial charge < -0.3 is 34.2 Å². The Bertz CT molecular complexity index is 1310. The second-order valence-corrected chi connectivity index (χ2v) is 13.4. The third kappa shape index (κ3) is 7.32. The highest BCUT2D eigenvalue weighted by molar-refractivity contribution is 6.03. The molecule has 2 fully saturated rings. The third-order valence-corrected chi connectivity index (χ3v) is 10.3. The Morgan fingerprint density at radius 2 is 1.85 bits per heavy atom. The van der Waals surface area contributed by atoms with Crippen LogP contribution >= 0.6 is 0 Å². The fourth-order valence-electron chi connectivity index (χ4n) is 8.23. The van der Waals surface area contributed by atoms with Gasteiger partial charge in [0, 0.05) is 43.6 Å². The van der Waals surface area contributed by atoms with Gasteiger partial charge in [-0.25, -0.2) is 0 Å². The number of ether oxygens (including phenoxy) is 3. The molecule has 9 nitrogen and oxygen atoms in total. The molecule has 6 atom stereocenters. The highest BCUT2D eigenvalue weighted by Crippen LogP contribution is 2.62. The lowest BCUT2D eigenvalue weighted by molar-refractivity contribution is -0.257. The summed E-state index contributed by atoms with van der Waals surface area (Å²) in [6.07, 6.45) is 13.9. The van der Waals surface area contributed by atoms with Crippen LogP contribution in [0, 0.1) is 23.7 Å². The molecule has 0 aromatic heterocycles. The van der Waals surface area contributed by atoms with Crippen LogP contribution in [0.25, 0.3) is 0 Å². The molecule has 0 spiro atoms. The molecule has 2 saturated carbocycles. The van der Waals surface area contributed by atoms with Crippen molar-refractivity contribution in [3.8, 4) is 11.5 Å². The Kier molecular flexibility index (Phi) is 12.2. The van der Waals surface area contributed by atoms with Crippen molar-refractivity contribution < 1.29 is 34.1 Å². The van der Waals surface area contributed by atoms with Crippen LogP contribution in [0.3, 0.4) is 0 Å². The first kappa shape index (κ1) is 35.2. The zero-order valence-corrected chi connectivity index (χ0v) is 28.3. The van der Waals surface area contributed by atoms with E-state index in [1.807, 2.05) is 17.0 Å². The second kappa shape index (κ2) is 16.3. The molecule has 4 aliphatic rings. The molecule has 2 N–H and O–H groups in total. The smallest absolute Gasteiger partial charge is 0.239 e. The largest absolute Gasteiger partial charge is 0.490 e. The Hall–Kier alpha value is -3.14. The molecule has 258 valence electrons. The molecule has 1 heterocycles. The van der Waals surface area contributed by atoms with E-state index in [1.165, 1.54) is 0 Å². The topological polar surface area (TPSA) is 110 Å². The zero-order chi connectivity index (χ0) is 33.4. The van der Waals surface area contributed by atoms with Gasteiger partial charge in [0.1, 0.15) is 31.3 Å². The lowest BCUT2D eigenvalue weighted by Crippen LogP contribution is -2.70. The summed E-state index contributed by atoms with van der Waals surface area (Å²) in [5.74, 6) is 0.477. The van der Waals surface area contributed by atoms with Gasteiger partial charge in [-0.15, -0.1) is 6.58 Å². The molecule has 1 amide bonds. The van der Waals surface area contributed by atoms with Gasteiger partial charge in [-0.1, -0.05) is 49.7 Å². The van der Waals surface area contributed by atoms with E-state index >= 15 is 0 Å². The molecule has 3 aliphatic carbocycles. The van der Waals surface area contributed by atoms with E-state index in [0.717, 1.165) is 86.1 Å². The standard InChI is InChI=1S/C38H54N2O7/c1-5-18-40(37(43)26-14-15-26)34-25-32(39-44-4)30-23-27(12-8-10-19-41)29(13-9-11-20-42)35-31-24-28(45-21-6-2)16-17-33(31)47-38(34,36(30)35)46-22-7-3/h6-7,16-17,23-24,26-27,29,34-36,41-42H,2-3,5,8-15,18-22,25H2,1,4H3/t27-,29+,34-,35+,36+,38+/m0/s1. The Morgan fingerprint density at radius 1 is 1.11 bits per heavy atom. The van der Waals surface area contributed by atoms with Crippen LogP contribution in [0.4, 0.5) is 0 Å². The summed E-state index contributed by atoms with van der Waals surface area (Å²) < 4.78 is 20.2. The van der Waals surface area contributed by atoms with Crippen molar-refractivity contribution in [1.29, 1.82) is 0 Å². The predicted octanol–water partition coefficient (Wildman–Crippen LogP) is 6.16. The molecule has 1 aliphatic heterocycles. The van der Waals surface area contributed by atoms with Gasteiger partial charge >= 0.3 is 0 Å². The number of carbonyl (C=O) groups excluding carboxylic acids is 1. The van der Waals surface area contributed by atoms with E-state index in [9.17, 15) is 15.0 Å². The molecule has 47 heavy (non-hydrogen) atoms. The van der Waals surface area contributed by atoms with Gasteiger partial charge in [0.25, 0.3) is 0 Å². The number of hydrogen-bond acceptors (Lipinski definition) is 8. The average Bonchev–Trinajstić information content (AvgIpc) is 3.93. The van der Waals surface area contributed by atoms with Crippen molar-refractivity contribution in [2.24, 2.45) is 28.8 Å². The summed E-state index contributed by atoms with van der Waals surface area (Å²) in [5.41, 5.74) is 2.92. The number of carbonyl (C=O) groups is 1. The molecule has 9 heteroatoms. The number of nitrogens with zero attached hydrogens (tertiary/aromatic N) is 2. The zero-order valence-electron chi connectivity index (χ0n) is 28.3.